The molecule has 0 aromatic heterocycles. The Morgan fingerprint density at radius 1 is 1.11 bits per heavy atom. The number of rotatable bonds is 5. The van der Waals surface area contributed by atoms with Gasteiger partial charge in [-0.05, 0) is 42.7 Å². The molecule has 19 heavy (non-hydrogen) atoms. The van der Waals surface area contributed by atoms with Crippen molar-refractivity contribution in [2.45, 2.75) is 25.4 Å². The standard InChI is InChI=1S/C16H16ClNO/c17-15-6-1-2-7-16(15)19-14-5-3-4-12(10-14)11-18-13-8-9-13/h1-7,10,13,18H,8-9,11H2. The molecule has 2 aromatic rings. The number of ether oxygens (including phenoxy) is 1. The number of hydrogen-bond acceptors (Lipinski definition) is 2. The summed E-state index contributed by atoms with van der Waals surface area (Å²) in [5.74, 6) is 1.51. The third-order valence-electron chi connectivity index (χ3n) is 3.14. The molecular weight excluding hydrogens is 258 g/mol. The van der Waals surface area contributed by atoms with Crippen LogP contribution in [-0.4, -0.2) is 6.04 Å². The largest absolute Gasteiger partial charge is 0.456 e. The predicted molar refractivity (Wildman–Crippen MR) is 77.8 cm³/mol. The number of halogens is 1. The Hall–Kier alpha value is -1.51. The molecule has 0 aliphatic heterocycles. The van der Waals surface area contributed by atoms with Crippen molar-refractivity contribution in [1.82, 2.24) is 5.32 Å². The quantitative estimate of drug-likeness (QED) is 0.873. The minimum atomic E-state index is 0.629. The Balaban J connectivity index is 1.70. The summed E-state index contributed by atoms with van der Waals surface area (Å²) < 4.78 is 5.81. The maximum Gasteiger partial charge on any atom is 0.146 e. The fourth-order valence-corrected chi connectivity index (χ4v) is 2.10. The molecule has 1 aliphatic rings. The summed E-state index contributed by atoms with van der Waals surface area (Å²) in [4.78, 5) is 0. The average Bonchev–Trinajstić information content (AvgIpc) is 3.24. The summed E-state index contributed by atoms with van der Waals surface area (Å²) in [6, 6.07) is 16.3. The molecule has 1 saturated carbocycles. The lowest BCUT2D eigenvalue weighted by Crippen LogP contribution is -2.15. The van der Waals surface area contributed by atoms with E-state index in [4.69, 9.17) is 16.3 Å². The lowest BCUT2D eigenvalue weighted by atomic mass is 10.2. The Labute approximate surface area is 118 Å². The van der Waals surface area contributed by atoms with Gasteiger partial charge in [-0.15, -0.1) is 0 Å². The Morgan fingerprint density at radius 2 is 1.95 bits per heavy atom. The first-order valence-electron chi connectivity index (χ1n) is 6.56. The molecule has 0 radical (unpaired) electrons. The van der Waals surface area contributed by atoms with E-state index in [0.29, 0.717) is 16.8 Å². The molecular formula is C16H16ClNO. The van der Waals surface area contributed by atoms with Crippen LogP contribution in [0.15, 0.2) is 48.5 Å². The van der Waals surface area contributed by atoms with E-state index in [2.05, 4.69) is 17.4 Å². The number of hydrogen-bond donors (Lipinski definition) is 1. The molecule has 2 aromatic carbocycles. The van der Waals surface area contributed by atoms with Gasteiger partial charge in [0.15, 0.2) is 0 Å². The summed E-state index contributed by atoms with van der Waals surface area (Å²) in [6.45, 7) is 0.893. The smallest absolute Gasteiger partial charge is 0.146 e. The molecule has 0 heterocycles. The van der Waals surface area contributed by atoms with Crippen molar-refractivity contribution < 1.29 is 4.74 Å². The van der Waals surface area contributed by atoms with Gasteiger partial charge in [0.05, 0.1) is 5.02 Å². The maximum absolute atomic E-state index is 6.09. The van der Waals surface area contributed by atoms with Gasteiger partial charge in [0.25, 0.3) is 0 Å². The minimum absolute atomic E-state index is 0.629. The molecule has 0 bridgehead atoms. The van der Waals surface area contributed by atoms with E-state index in [1.807, 2.05) is 36.4 Å². The van der Waals surface area contributed by atoms with Gasteiger partial charge in [0.2, 0.25) is 0 Å². The first-order valence-corrected chi connectivity index (χ1v) is 6.94. The summed E-state index contributed by atoms with van der Waals surface area (Å²) in [6.07, 6.45) is 2.60. The van der Waals surface area contributed by atoms with Gasteiger partial charge >= 0.3 is 0 Å². The fourth-order valence-electron chi connectivity index (χ4n) is 1.92. The van der Waals surface area contributed by atoms with E-state index in [1.165, 1.54) is 18.4 Å². The molecule has 0 amide bonds. The first kappa shape index (κ1) is 12.5. The maximum atomic E-state index is 6.09. The average molecular weight is 274 g/mol. The zero-order chi connectivity index (χ0) is 13.1. The lowest BCUT2D eigenvalue weighted by Gasteiger charge is -2.09. The van der Waals surface area contributed by atoms with Crippen molar-refractivity contribution in [2.75, 3.05) is 0 Å². The highest BCUT2D eigenvalue weighted by Gasteiger charge is 2.19. The zero-order valence-electron chi connectivity index (χ0n) is 10.6. The summed E-state index contributed by atoms with van der Waals surface area (Å²) in [5.41, 5.74) is 1.23. The van der Waals surface area contributed by atoms with Crippen LogP contribution in [-0.2, 0) is 6.54 Å². The Bertz CT molecular complexity index is 566. The molecule has 0 atom stereocenters. The van der Waals surface area contributed by atoms with Gasteiger partial charge in [0.1, 0.15) is 11.5 Å². The minimum Gasteiger partial charge on any atom is -0.456 e. The molecule has 1 N–H and O–H groups in total. The van der Waals surface area contributed by atoms with Crippen LogP contribution in [0.4, 0.5) is 0 Å². The highest BCUT2D eigenvalue weighted by atomic mass is 35.5. The van der Waals surface area contributed by atoms with Gasteiger partial charge in [-0.2, -0.15) is 0 Å². The van der Waals surface area contributed by atoms with Crippen LogP contribution in [0.2, 0.25) is 5.02 Å². The zero-order valence-corrected chi connectivity index (χ0v) is 11.4. The second-order valence-electron chi connectivity index (χ2n) is 4.84. The van der Waals surface area contributed by atoms with Crippen LogP contribution in [0.3, 0.4) is 0 Å². The number of nitrogens with one attached hydrogen (secondary N) is 1. The van der Waals surface area contributed by atoms with Crippen LogP contribution >= 0.6 is 11.6 Å². The highest BCUT2D eigenvalue weighted by Crippen LogP contribution is 2.29. The monoisotopic (exact) mass is 273 g/mol. The van der Waals surface area contributed by atoms with Crippen molar-refractivity contribution in [3.8, 4) is 11.5 Å². The van der Waals surface area contributed by atoms with Crippen molar-refractivity contribution in [2.24, 2.45) is 0 Å². The summed E-state index contributed by atoms with van der Waals surface area (Å²) in [5, 5.41) is 4.12. The van der Waals surface area contributed by atoms with E-state index >= 15 is 0 Å². The third kappa shape index (κ3) is 3.49. The van der Waals surface area contributed by atoms with Gasteiger partial charge < -0.3 is 10.1 Å². The van der Waals surface area contributed by atoms with E-state index < -0.39 is 0 Å². The third-order valence-corrected chi connectivity index (χ3v) is 3.45. The Morgan fingerprint density at radius 3 is 2.74 bits per heavy atom. The normalized spacial score (nSPS) is 14.4. The predicted octanol–water partition coefficient (Wildman–Crippen LogP) is 4.38. The van der Waals surface area contributed by atoms with Gasteiger partial charge in [-0.1, -0.05) is 35.9 Å². The molecule has 3 heteroatoms. The van der Waals surface area contributed by atoms with Crippen molar-refractivity contribution in [1.29, 1.82) is 0 Å². The summed E-state index contributed by atoms with van der Waals surface area (Å²) in [7, 11) is 0. The second-order valence-corrected chi connectivity index (χ2v) is 5.24. The molecule has 98 valence electrons. The van der Waals surface area contributed by atoms with Gasteiger partial charge in [-0.3, -0.25) is 0 Å². The molecule has 3 rings (SSSR count). The van der Waals surface area contributed by atoms with E-state index in [-0.39, 0.29) is 0 Å². The van der Waals surface area contributed by atoms with Gasteiger partial charge in [-0.25, -0.2) is 0 Å². The fraction of sp³-hybridized carbons (Fsp3) is 0.250. The molecule has 0 spiro atoms. The van der Waals surface area contributed by atoms with Crippen LogP contribution in [0, 0.1) is 0 Å². The molecule has 0 unspecified atom stereocenters. The lowest BCUT2D eigenvalue weighted by molar-refractivity contribution is 0.481. The molecule has 2 nitrogen and oxygen atoms in total. The van der Waals surface area contributed by atoms with Crippen molar-refractivity contribution >= 4 is 11.6 Å². The van der Waals surface area contributed by atoms with E-state index in [9.17, 15) is 0 Å². The SMILES string of the molecule is Clc1ccccc1Oc1cccc(CNC2CC2)c1. The highest BCUT2D eigenvalue weighted by molar-refractivity contribution is 6.32. The van der Waals surface area contributed by atoms with Crippen LogP contribution in [0.1, 0.15) is 18.4 Å². The second kappa shape index (κ2) is 5.64. The van der Waals surface area contributed by atoms with Crippen LogP contribution in [0.25, 0.3) is 0 Å². The number of benzene rings is 2. The first-order chi connectivity index (χ1) is 9.31. The topological polar surface area (TPSA) is 21.3 Å². The molecule has 1 fully saturated rings. The van der Waals surface area contributed by atoms with Gasteiger partial charge in [0, 0.05) is 12.6 Å². The van der Waals surface area contributed by atoms with E-state index in [1.54, 1.807) is 0 Å². The van der Waals surface area contributed by atoms with E-state index in [0.717, 1.165) is 12.3 Å². The van der Waals surface area contributed by atoms with Crippen molar-refractivity contribution in [3.05, 3.63) is 59.1 Å². The molecule has 0 saturated heterocycles. The number of para-hydroxylation sites is 1. The Kier molecular flexibility index (Phi) is 3.72. The van der Waals surface area contributed by atoms with Crippen LogP contribution < -0.4 is 10.1 Å². The van der Waals surface area contributed by atoms with Crippen LogP contribution in [0.5, 0.6) is 11.5 Å². The van der Waals surface area contributed by atoms with Crippen molar-refractivity contribution in [3.63, 3.8) is 0 Å². The summed E-state index contributed by atoms with van der Waals surface area (Å²) >= 11 is 6.09. The molecule has 1 aliphatic carbocycles.